The van der Waals surface area contributed by atoms with Crippen LogP contribution in [0.25, 0.3) is 0 Å². The molecule has 1 fully saturated rings. The van der Waals surface area contributed by atoms with Gasteiger partial charge in [-0.1, -0.05) is 60.7 Å². The summed E-state index contributed by atoms with van der Waals surface area (Å²) < 4.78 is 6.12. The topological polar surface area (TPSA) is 36.9 Å². The molecule has 27 heavy (non-hydrogen) atoms. The molecule has 0 spiro atoms. The minimum absolute atomic E-state index is 0.144. The van der Waals surface area contributed by atoms with Gasteiger partial charge in [-0.2, -0.15) is 0 Å². The fourth-order valence-electron chi connectivity index (χ4n) is 3.65. The quantitative estimate of drug-likeness (QED) is 0.614. The third-order valence-electron chi connectivity index (χ3n) is 5.01. The maximum Gasteiger partial charge on any atom is 0.193 e. The zero-order chi connectivity index (χ0) is 18.9. The molecular formula is C23H31N3O. The molecule has 3 rings (SSSR count). The van der Waals surface area contributed by atoms with Crippen LogP contribution in [-0.2, 0) is 11.3 Å². The second-order valence-electron chi connectivity index (χ2n) is 7.14. The zero-order valence-electron chi connectivity index (χ0n) is 16.5. The van der Waals surface area contributed by atoms with Crippen LogP contribution in [0.4, 0.5) is 0 Å². The van der Waals surface area contributed by atoms with E-state index in [4.69, 9.17) is 9.73 Å². The fourth-order valence-corrected chi connectivity index (χ4v) is 3.65. The maximum absolute atomic E-state index is 6.12. The van der Waals surface area contributed by atoms with Crippen LogP contribution < -0.4 is 5.32 Å². The number of nitrogens with one attached hydrogen (secondary N) is 1. The molecule has 1 aliphatic heterocycles. The van der Waals surface area contributed by atoms with E-state index in [1.165, 1.54) is 11.1 Å². The van der Waals surface area contributed by atoms with Crippen molar-refractivity contribution in [3.8, 4) is 0 Å². The van der Waals surface area contributed by atoms with Crippen molar-refractivity contribution in [3.05, 3.63) is 71.8 Å². The normalized spacial score (nSPS) is 20.3. The van der Waals surface area contributed by atoms with Crippen LogP contribution in [0.3, 0.4) is 0 Å². The monoisotopic (exact) mass is 365 g/mol. The first kappa shape index (κ1) is 19.4. The lowest BCUT2D eigenvalue weighted by molar-refractivity contribution is -0.0250. The van der Waals surface area contributed by atoms with Crippen molar-refractivity contribution in [2.45, 2.75) is 32.4 Å². The molecular weight excluding hydrogens is 334 g/mol. The molecule has 144 valence electrons. The van der Waals surface area contributed by atoms with E-state index in [1.807, 2.05) is 0 Å². The van der Waals surface area contributed by atoms with Crippen LogP contribution in [0.15, 0.2) is 65.7 Å². The van der Waals surface area contributed by atoms with Gasteiger partial charge in [0.05, 0.1) is 6.10 Å². The molecule has 2 atom stereocenters. The van der Waals surface area contributed by atoms with Gasteiger partial charge in [0.25, 0.3) is 0 Å². The highest BCUT2D eigenvalue weighted by atomic mass is 16.5. The van der Waals surface area contributed by atoms with E-state index in [1.54, 1.807) is 0 Å². The Bertz CT molecular complexity index is 702. The van der Waals surface area contributed by atoms with E-state index < -0.39 is 0 Å². The molecule has 0 saturated carbocycles. The summed E-state index contributed by atoms with van der Waals surface area (Å²) >= 11 is 0. The maximum atomic E-state index is 6.12. The van der Waals surface area contributed by atoms with Crippen molar-refractivity contribution in [1.29, 1.82) is 0 Å². The third kappa shape index (κ3) is 5.57. The Labute approximate surface area is 163 Å². The summed E-state index contributed by atoms with van der Waals surface area (Å²) in [6.45, 7) is 5.44. The van der Waals surface area contributed by atoms with Gasteiger partial charge in [0.1, 0.15) is 0 Å². The van der Waals surface area contributed by atoms with Crippen molar-refractivity contribution in [3.63, 3.8) is 0 Å². The van der Waals surface area contributed by atoms with E-state index >= 15 is 0 Å². The van der Waals surface area contributed by atoms with Gasteiger partial charge in [-0.3, -0.25) is 4.99 Å². The summed E-state index contributed by atoms with van der Waals surface area (Å²) in [5.74, 6) is 1.37. The first-order valence-electron chi connectivity index (χ1n) is 9.98. The van der Waals surface area contributed by atoms with Crippen LogP contribution >= 0.6 is 0 Å². The van der Waals surface area contributed by atoms with Gasteiger partial charge in [0.2, 0.25) is 0 Å². The standard InChI is InChI=1S/C23H31N3O/c1-3-24-23(26(2)18-19-11-6-4-7-12-19)25-17-21-15-10-16-27-22(21)20-13-8-5-9-14-20/h4-9,11-14,21-22H,3,10,15-18H2,1-2H3,(H,24,25). The van der Waals surface area contributed by atoms with Crippen LogP contribution in [0.5, 0.6) is 0 Å². The molecule has 1 N–H and O–H groups in total. The molecule has 4 nitrogen and oxygen atoms in total. The number of hydrogen-bond acceptors (Lipinski definition) is 2. The van der Waals surface area contributed by atoms with Crippen LogP contribution in [-0.4, -0.2) is 37.6 Å². The van der Waals surface area contributed by atoms with Gasteiger partial charge in [0, 0.05) is 39.2 Å². The van der Waals surface area contributed by atoms with Crippen molar-refractivity contribution in [1.82, 2.24) is 10.2 Å². The van der Waals surface area contributed by atoms with E-state index in [-0.39, 0.29) is 6.10 Å². The predicted molar refractivity (Wildman–Crippen MR) is 112 cm³/mol. The Morgan fingerprint density at radius 2 is 1.81 bits per heavy atom. The molecule has 1 aliphatic rings. The number of guanidine groups is 1. The van der Waals surface area contributed by atoms with E-state index in [0.29, 0.717) is 5.92 Å². The summed E-state index contributed by atoms with van der Waals surface area (Å²) in [5, 5.41) is 3.43. The summed E-state index contributed by atoms with van der Waals surface area (Å²) in [6.07, 6.45) is 2.41. The zero-order valence-corrected chi connectivity index (χ0v) is 16.5. The van der Waals surface area contributed by atoms with Gasteiger partial charge < -0.3 is 15.0 Å². The lowest BCUT2D eigenvalue weighted by Gasteiger charge is -2.32. The van der Waals surface area contributed by atoms with Gasteiger partial charge in [-0.15, -0.1) is 0 Å². The van der Waals surface area contributed by atoms with Gasteiger partial charge >= 0.3 is 0 Å². The smallest absolute Gasteiger partial charge is 0.193 e. The largest absolute Gasteiger partial charge is 0.373 e. The average Bonchev–Trinajstić information content (AvgIpc) is 2.72. The average molecular weight is 366 g/mol. The number of nitrogens with zero attached hydrogens (tertiary/aromatic N) is 2. The molecule has 0 amide bonds. The van der Waals surface area contributed by atoms with Gasteiger partial charge in [-0.25, -0.2) is 0 Å². The Morgan fingerprint density at radius 3 is 2.52 bits per heavy atom. The SMILES string of the molecule is CCNC(=NCC1CCCOC1c1ccccc1)N(C)Cc1ccccc1. The lowest BCUT2D eigenvalue weighted by atomic mass is 9.89. The number of rotatable bonds is 6. The minimum atomic E-state index is 0.144. The predicted octanol–water partition coefficient (Wildman–Crippen LogP) is 4.25. The Kier molecular flexibility index (Phi) is 7.28. The molecule has 1 heterocycles. The van der Waals surface area contributed by atoms with Gasteiger partial charge in [0.15, 0.2) is 5.96 Å². The van der Waals surface area contributed by atoms with Crippen LogP contribution in [0, 0.1) is 5.92 Å². The molecule has 0 aromatic heterocycles. The fraction of sp³-hybridized carbons (Fsp3) is 0.435. The third-order valence-corrected chi connectivity index (χ3v) is 5.01. The highest BCUT2D eigenvalue weighted by Crippen LogP contribution is 2.33. The van der Waals surface area contributed by atoms with Crippen molar-refractivity contribution in [2.24, 2.45) is 10.9 Å². The lowest BCUT2D eigenvalue weighted by Crippen LogP contribution is -2.39. The first-order valence-corrected chi connectivity index (χ1v) is 9.98. The second-order valence-corrected chi connectivity index (χ2v) is 7.14. The summed E-state index contributed by atoms with van der Waals surface area (Å²) in [6, 6.07) is 21.1. The summed E-state index contributed by atoms with van der Waals surface area (Å²) in [4.78, 5) is 7.15. The Morgan fingerprint density at radius 1 is 1.11 bits per heavy atom. The second kappa shape index (κ2) is 10.1. The van der Waals surface area contributed by atoms with E-state index in [9.17, 15) is 0 Å². The number of hydrogen-bond donors (Lipinski definition) is 1. The molecule has 1 saturated heterocycles. The number of aliphatic imine (C=N–C) groups is 1. The van der Waals surface area contributed by atoms with E-state index in [2.05, 4.69) is 84.9 Å². The molecule has 0 bridgehead atoms. The summed E-state index contributed by atoms with van der Waals surface area (Å²) in [7, 11) is 2.10. The minimum Gasteiger partial charge on any atom is -0.373 e. The number of benzene rings is 2. The highest BCUT2D eigenvalue weighted by Gasteiger charge is 2.27. The van der Waals surface area contributed by atoms with E-state index in [0.717, 1.165) is 45.0 Å². The van der Waals surface area contributed by atoms with Crippen LogP contribution in [0.1, 0.15) is 37.0 Å². The van der Waals surface area contributed by atoms with Gasteiger partial charge in [-0.05, 0) is 30.9 Å². The van der Waals surface area contributed by atoms with Crippen molar-refractivity contribution >= 4 is 5.96 Å². The molecule has 2 aromatic rings. The molecule has 2 aromatic carbocycles. The van der Waals surface area contributed by atoms with Crippen molar-refractivity contribution in [2.75, 3.05) is 26.7 Å². The molecule has 0 aliphatic carbocycles. The van der Waals surface area contributed by atoms with Crippen molar-refractivity contribution < 1.29 is 4.74 Å². The first-order chi connectivity index (χ1) is 13.3. The summed E-state index contributed by atoms with van der Waals surface area (Å²) in [5.41, 5.74) is 2.55. The molecule has 2 unspecified atom stereocenters. The Hall–Kier alpha value is -2.33. The highest BCUT2D eigenvalue weighted by molar-refractivity contribution is 5.79. The molecule has 4 heteroatoms. The van der Waals surface area contributed by atoms with Crippen LogP contribution in [0.2, 0.25) is 0 Å². The molecule has 0 radical (unpaired) electrons. The Balaban J connectivity index is 1.69. The number of ether oxygens (including phenoxy) is 1.